The summed E-state index contributed by atoms with van der Waals surface area (Å²) >= 11 is 2.54. The number of nitrogens with one attached hydrogen (secondary N) is 3. The second kappa shape index (κ2) is 16.8. The number of nitrogens with zero attached hydrogens (tertiary/aromatic N) is 1. The Balaban J connectivity index is 2.09. The van der Waals surface area contributed by atoms with E-state index in [1.807, 2.05) is 0 Å². The van der Waals surface area contributed by atoms with Crippen LogP contribution in [-0.2, 0) is 28.8 Å². The second-order valence-corrected chi connectivity index (χ2v) is 12.5. The molecule has 4 amide bonds. The van der Waals surface area contributed by atoms with Gasteiger partial charge in [0, 0.05) is 31.9 Å². The van der Waals surface area contributed by atoms with Crippen LogP contribution in [0.2, 0.25) is 0 Å². The summed E-state index contributed by atoms with van der Waals surface area (Å²) in [6.07, 6.45) is 6.55. The second-order valence-electron chi connectivity index (χ2n) is 9.92. The molecule has 0 saturated carbocycles. The molecule has 0 aromatic carbocycles. The third kappa shape index (κ3) is 11.0. The standard InChI is InChI=1S/C26H42N4O6S2/c1-17-26(36)30-14-10-13-22(30)25(35)29-21(12-7-5-9-16-38-19(3)32)24(34)28-20(23(33)27-17)11-6-4-8-15-37-18(2)31/h17,20-22H,4-16H2,1-3H3,(H,27,33)(H,28,34)(H,29,35)/t17-,20+,21-,22+/m0/s1. The molecule has 0 radical (unpaired) electrons. The van der Waals surface area contributed by atoms with Crippen LogP contribution in [0, 0.1) is 0 Å². The number of carbonyl (C=O) groups is 6. The van der Waals surface area contributed by atoms with E-state index in [2.05, 4.69) is 16.0 Å². The molecule has 4 atom stereocenters. The Hall–Kier alpha value is -2.08. The molecule has 2 heterocycles. The number of hydrogen-bond donors (Lipinski definition) is 3. The van der Waals surface area contributed by atoms with Crippen molar-refractivity contribution in [3.05, 3.63) is 0 Å². The average Bonchev–Trinajstić information content (AvgIpc) is 3.35. The zero-order valence-corrected chi connectivity index (χ0v) is 24.3. The Labute approximate surface area is 233 Å². The highest BCUT2D eigenvalue weighted by atomic mass is 32.2. The van der Waals surface area contributed by atoms with Crippen molar-refractivity contribution in [1.29, 1.82) is 0 Å². The first kappa shape index (κ1) is 32.1. The molecule has 2 aliphatic rings. The maximum absolute atomic E-state index is 13.3. The van der Waals surface area contributed by atoms with Crippen LogP contribution in [0.25, 0.3) is 0 Å². The number of rotatable bonds is 12. The van der Waals surface area contributed by atoms with Gasteiger partial charge in [-0.1, -0.05) is 49.2 Å². The molecule has 2 aliphatic heterocycles. The minimum atomic E-state index is -0.835. The van der Waals surface area contributed by atoms with Gasteiger partial charge in [-0.3, -0.25) is 28.8 Å². The molecule has 0 bridgehead atoms. The average molecular weight is 571 g/mol. The number of hydrogen-bond acceptors (Lipinski definition) is 8. The smallest absolute Gasteiger partial charge is 0.245 e. The Morgan fingerprint density at radius 3 is 1.79 bits per heavy atom. The van der Waals surface area contributed by atoms with Crippen LogP contribution >= 0.6 is 23.5 Å². The molecule has 10 nitrogen and oxygen atoms in total. The summed E-state index contributed by atoms with van der Waals surface area (Å²) < 4.78 is 0. The Bertz CT molecular complexity index is 871. The van der Waals surface area contributed by atoms with Gasteiger partial charge in [-0.2, -0.15) is 0 Å². The van der Waals surface area contributed by atoms with E-state index < -0.39 is 36.0 Å². The van der Waals surface area contributed by atoms with Gasteiger partial charge in [0.15, 0.2) is 10.2 Å². The van der Waals surface area contributed by atoms with E-state index in [1.165, 1.54) is 42.3 Å². The van der Waals surface area contributed by atoms with Crippen molar-refractivity contribution < 1.29 is 28.8 Å². The fraction of sp³-hybridized carbons (Fsp3) is 0.769. The van der Waals surface area contributed by atoms with Gasteiger partial charge in [0.05, 0.1) is 0 Å². The summed E-state index contributed by atoms with van der Waals surface area (Å²) in [7, 11) is 0. The minimum absolute atomic E-state index is 0.0700. The molecule has 12 heteroatoms. The van der Waals surface area contributed by atoms with Crippen LogP contribution in [-0.4, -0.2) is 81.0 Å². The summed E-state index contributed by atoms with van der Waals surface area (Å²) in [5.41, 5.74) is 0. The highest BCUT2D eigenvalue weighted by molar-refractivity contribution is 8.13. The highest BCUT2D eigenvalue weighted by Crippen LogP contribution is 2.20. The molecule has 0 unspecified atom stereocenters. The van der Waals surface area contributed by atoms with Gasteiger partial charge in [-0.15, -0.1) is 0 Å². The topological polar surface area (TPSA) is 142 Å². The maximum atomic E-state index is 13.3. The lowest BCUT2D eigenvalue weighted by Crippen LogP contribution is -2.60. The van der Waals surface area contributed by atoms with E-state index >= 15 is 0 Å². The number of unbranched alkanes of at least 4 members (excludes halogenated alkanes) is 4. The summed E-state index contributed by atoms with van der Waals surface area (Å²) in [6.45, 7) is 5.10. The van der Waals surface area contributed by atoms with Gasteiger partial charge < -0.3 is 20.9 Å². The van der Waals surface area contributed by atoms with Crippen LogP contribution in [0.4, 0.5) is 0 Å². The van der Waals surface area contributed by atoms with Gasteiger partial charge in [0.1, 0.15) is 24.2 Å². The molecule has 2 rings (SSSR count). The molecule has 2 fully saturated rings. The predicted octanol–water partition coefficient (Wildman–Crippen LogP) is 2.15. The van der Waals surface area contributed by atoms with Crippen molar-refractivity contribution in [3.63, 3.8) is 0 Å². The lowest BCUT2D eigenvalue weighted by Gasteiger charge is -2.31. The molecule has 3 N–H and O–H groups in total. The maximum Gasteiger partial charge on any atom is 0.245 e. The van der Waals surface area contributed by atoms with Crippen LogP contribution in [0.15, 0.2) is 0 Å². The molecule has 2 saturated heterocycles. The summed E-state index contributed by atoms with van der Waals surface area (Å²) in [5.74, 6) is -0.0552. The molecular weight excluding hydrogens is 528 g/mol. The third-order valence-corrected chi connectivity index (χ3v) is 8.52. The molecular formula is C26H42N4O6S2. The largest absolute Gasteiger partial charge is 0.343 e. The van der Waals surface area contributed by atoms with E-state index in [9.17, 15) is 28.8 Å². The molecule has 38 heavy (non-hydrogen) atoms. The quantitative estimate of drug-likeness (QED) is 0.303. The number of thioether (sulfide) groups is 2. The fourth-order valence-corrected chi connectivity index (χ4v) is 5.96. The van der Waals surface area contributed by atoms with E-state index in [0.29, 0.717) is 56.6 Å². The van der Waals surface area contributed by atoms with Crippen molar-refractivity contribution in [2.24, 2.45) is 0 Å². The Kier molecular flexibility index (Phi) is 14.2. The number of fused-ring (bicyclic) bond motifs is 1. The first-order valence-corrected chi connectivity index (χ1v) is 15.6. The van der Waals surface area contributed by atoms with E-state index in [0.717, 1.165) is 25.7 Å². The first-order chi connectivity index (χ1) is 18.1. The SMILES string of the molecule is CC(=O)SCCCCC[C@@H]1NC(=O)[C@H]2CCCN2C(=O)[C@H](C)NC(=O)[C@@H](CCCCCSC(C)=O)NC1=O. The molecule has 0 aliphatic carbocycles. The van der Waals surface area contributed by atoms with Gasteiger partial charge >= 0.3 is 0 Å². The summed E-state index contributed by atoms with van der Waals surface area (Å²) in [5, 5.41) is 8.58. The normalized spacial score (nSPS) is 24.6. The lowest BCUT2D eigenvalue weighted by molar-refractivity contribution is -0.143. The van der Waals surface area contributed by atoms with Gasteiger partial charge in [-0.25, -0.2) is 0 Å². The zero-order chi connectivity index (χ0) is 28.1. The van der Waals surface area contributed by atoms with Gasteiger partial charge in [0.25, 0.3) is 0 Å². The van der Waals surface area contributed by atoms with Crippen molar-refractivity contribution in [1.82, 2.24) is 20.9 Å². The zero-order valence-electron chi connectivity index (χ0n) is 22.7. The lowest BCUT2D eigenvalue weighted by atomic mass is 10.0. The summed E-state index contributed by atoms with van der Waals surface area (Å²) in [4.78, 5) is 76.4. The van der Waals surface area contributed by atoms with E-state index in [4.69, 9.17) is 0 Å². The van der Waals surface area contributed by atoms with Crippen molar-refractivity contribution >= 4 is 57.4 Å². The van der Waals surface area contributed by atoms with E-state index in [1.54, 1.807) is 6.92 Å². The Morgan fingerprint density at radius 1 is 0.763 bits per heavy atom. The van der Waals surface area contributed by atoms with E-state index in [-0.39, 0.29) is 22.0 Å². The molecule has 214 valence electrons. The van der Waals surface area contributed by atoms with Gasteiger partial charge in [-0.05, 0) is 45.4 Å². The third-order valence-electron chi connectivity index (χ3n) is 6.72. The predicted molar refractivity (Wildman–Crippen MR) is 149 cm³/mol. The van der Waals surface area contributed by atoms with Crippen LogP contribution in [0.3, 0.4) is 0 Å². The summed E-state index contributed by atoms with van der Waals surface area (Å²) in [6, 6.07) is -3.13. The number of carbonyl (C=O) groups excluding carboxylic acids is 6. The van der Waals surface area contributed by atoms with Crippen molar-refractivity contribution in [3.8, 4) is 0 Å². The van der Waals surface area contributed by atoms with Crippen molar-refractivity contribution in [2.75, 3.05) is 18.1 Å². The monoisotopic (exact) mass is 570 g/mol. The van der Waals surface area contributed by atoms with Gasteiger partial charge in [0.2, 0.25) is 23.6 Å². The minimum Gasteiger partial charge on any atom is -0.343 e. The number of amides is 4. The molecule has 0 aromatic rings. The molecule has 0 spiro atoms. The van der Waals surface area contributed by atoms with Crippen LogP contribution in [0.1, 0.15) is 85.0 Å². The fourth-order valence-electron chi connectivity index (χ4n) is 4.69. The van der Waals surface area contributed by atoms with Crippen LogP contribution < -0.4 is 16.0 Å². The highest BCUT2D eigenvalue weighted by Gasteiger charge is 2.39. The van der Waals surface area contributed by atoms with Crippen LogP contribution in [0.5, 0.6) is 0 Å². The van der Waals surface area contributed by atoms with Crippen molar-refractivity contribution in [2.45, 2.75) is 109 Å². The Morgan fingerprint density at radius 2 is 1.26 bits per heavy atom. The molecule has 0 aromatic heterocycles. The first-order valence-electron chi connectivity index (χ1n) is 13.6.